The third kappa shape index (κ3) is 3.91. The molecule has 5 nitrogen and oxygen atoms in total. The Morgan fingerprint density at radius 1 is 1.42 bits per heavy atom. The number of rotatable bonds is 5. The van der Waals surface area contributed by atoms with E-state index in [0.29, 0.717) is 18.9 Å². The minimum atomic E-state index is 0.0775. The molecule has 1 amide bonds. The van der Waals surface area contributed by atoms with E-state index in [4.69, 9.17) is 0 Å². The maximum absolute atomic E-state index is 11.5. The van der Waals surface area contributed by atoms with E-state index in [1.165, 1.54) is 0 Å². The Kier molecular flexibility index (Phi) is 4.28. The van der Waals surface area contributed by atoms with E-state index in [0.717, 1.165) is 11.4 Å². The van der Waals surface area contributed by atoms with Crippen molar-refractivity contribution in [2.45, 2.75) is 26.8 Å². The Hall–Kier alpha value is -2.17. The van der Waals surface area contributed by atoms with Gasteiger partial charge in [-0.3, -0.25) is 9.36 Å². The summed E-state index contributed by atoms with van der Waals surface area (Å²) in [6.07, 6.45) is 7.58. The average molecular weight is 258 g/mol. The van der Waals surface area contributed by atoms with Crippen molar-refractivity contribution in [3.63, 3.8) is 0 Å². The minimum absolute atomic E-state index is 0.0775. The Morgan fingerprint density at radius 3 is 2.84 bits per heavy atom. The molecule has 0 atom stereocenters. The van der Waals surface area contributed by atoms with Crippen LogP contribution in [0.15, 0.2) is 37.1 Å². The molecule has 2 aromatic rings. The van der Waals surface area contributed by atoms with Crippen molar-refractivity contribution in [1.29, 1.82) is 0 Å². The Balaban J connectivity index is 1.91. The second-order valence-electron chi connectivity index (χ2n) is 4.87. The third-order valence-electron chi connectivity index (χ3n) is 2.66. The van der Waals surface area contributed by atoms with Crippen molar-refractivity contribution in [2.24, 2.45) is 5.92 Å². The van der Waals surface area contributed by atoms with Crippen molar-refractivity contribution >= 4 is 5.91 Å². The van der Waals surface area contributed by atoms with E-state index in [1.807, 2.05) is 36.7 Å². The number of nitrogens with zero attached hydrogens (tertiary/aromatic N) is 3. The second-order valence-corrected chi connectivity index (χ2v) is 4.87. The zero-order chi connectivity index (χ0) is 13.7. The molecule has 0 fully saturated rings. The third-order valence-corrected chi connectivity index (χ3v) is 2.66. The number of carbonyl (C=O) groups excluding carboxylic acids is 1. The van der Waals surface area contributed by atoms with Crippen LogP contribution in [0.25, 0.3) is 5.82 Å². The van der Waals surface area contributed by atoms with Gasteiger partial charge in [-0.05, 0) is 17.5 Å². The van der Waals surface area contributed by atoms with Crippen LogP contribution in [-0.2, 0) is 11.3 Å². The van der Waals surface area contributed by atoms with Gasteiger partial charge in [0.05, 0.1) is 0 Å². The summed E-state index contributed by atoms with van der Waals surface area (Å²) in [5.74, 6) is 1.27. The van der Waals surface area contributed by atoms with Crippen LogP contribution in [0, 0.1) is 5.92 Å². The van der Waals surface area contributed by atoms with Gasteiger partial charge in [0.1, 0.15) is 12.1 Å². The smallest absolute Gasteiger partial charge is 0.220 e. The summed E-state index contributed by atoms with van der Waals surface area (Å²) in [5, 5.41) is 2.89. The molecule has 2 heterocycles. The lowest BCUT2D eigenvalue weighted by Crippen LogP contribution is -2.23. The fraction of sp³-hybridized carbons (Fsp3) is 0.357. The molecular formula is C14H18N4O. The summed E-state index contributed by atoms with van der Waals surface area (Å²) in [5.41, 5.74) is 0.987. The molecule has 19 heavy (non-hydrogen) atoms. The summed E-state index contributed by atoms with van der Waals surface area (Å²) < 4.78 is 1.83. The number of aromatic nitrogens is 3. The van der Waals surface area contributed by atoms with Crippen molar-refractivity contribution in [3.05, 3.63) is 42.6 Å². The zero-order valence-corrected chi connectivity index (χ0v) is 11.2. The number of carbonyl (C=O) groups is 1. The van der Waals surface area contributed by atoms with Gasteiger partial charge in [0.25, 0.3) is 0 Å². The van der Waals surface area contributed by atoms with E-state index in [-0.39, 0.29) is 5.91 Å². The molecule has 0 radical (unpaired) electrons. The lowest BCUT2D eigenvalue weighted by Gasteiger charge is -2.07. The number of hydrogen-bond donors (Lipinski definition) is 1. The van der Waals surface area contributed by atoms with Crippen LogP contribution in [0.2, 0.25) is 0 Å². The molecule has 0 aliphatic rings. The number of amides is 1. The van der Waals surface area contributed by atoms with Gasteiger partial charge in [-0.15, -0.1) is 0 Å². The molecule has 0 unspecified atom stereocenters. The highest BCUT2D eigenvalue weighted by Gasteiger charge is 2.04. The highest BCUT2D eigenvalue weighted by atomic mass is 16.1. The average Bonchev–Trinajstić information content (AvgIpc) is 2.90. The monoisotopic (exact) mass is 258 g/mol. The summed E-state index contributed by atoms with van der Waals surface area (Å²) in [7, 11) is 0. The number of pyridine rings is 1. The van der Waals surface area contributed by atoms with Crippen molar-refractivity contribution in [3.8, 4) is 5.82 Å². The number of nitrogens with one attached hydrogen (secondary N) is 1. The molecule has 0 aromatic carbocycles. The van der Waals surface area contributed by atoms with Gasteiger partial charge in [-0.1, -0.05) is 19.9 Å². The summed E-state index contributed by atoms with van der Waals surface area (Å²) in [6, 6.07) is 3.86. The topological polar surface area (TPSA) is 59.8 Å². The molecular weight excluding hydrogens is 240 g/mol. The highest BCUT2D eigenvalue weighted by Crippen LogP contribution is 2.05. The van der Waals surface area contributed by atoms with E-state index < -0.39 is 0 Å². The Morgan fingerprint density at radius 2 is 2.26 bits per heavy atom. The lowest BCUT2D eigenvalue weighted by atomic mass is 10.1. The molecule has 2 aromatic heterocycles. The lowest BCUT2D eigenvalue weighted by molar-refractivity contribution is -0.121. The standard InChI is InChI=1S/C14H18N4O/c1-11(2)7-14(19)17-9-12-3-4-13(16-8-12)18-6-5-15-10-18/h3-6,8,10-11H,7,9H2,1-2H3,(H,17,19). The summed E-state index contributed by atoms with van der Waals surface area (Å²) in [6.45, 7) is 4.57. The Labute approximate surface area is 112 Å². The van der Waals surface area contributed by atoms with Gasteiger partial charge < -0.3 is 5.32 Å². The predicted octanol–water partition coefficient (Wildman–Crippen LogP) is 1.93. The maximum Gasteiger partial charge on any atom is 0.220 e. The number of hydrogen-bond acceptors (Lipinski definition) is 3. The van der Waals surface area contributed by atoms with Crippen LogP contribution >= 0.6 is 0 Å². The van der Waals surface area contributed by atoms with E-state index >= 15 is 0 Å². The van der Waals surface area contributed by atoms with Crippen molar-refractivity contribution in [1.82, 2.24) is 19.9 Å². The van der Waals surface area contributed by atoms with Gasteiger partial charge in [0.15, 0.2) is 0 Å². The molecule has 0 aliphatic heterocycles. The maximum atomic E-state index is 11.5. The SMILES string of the molecule is CC(C)CC(=O)NCc1ccc(-n2ccnc2)nc1. The number of imidazole rings is 1. The predicted molar refractivity (Wildman–Crippen MR) is 72.7 cm³/mol. The first-order valence-electron chi connectivity index (χ1n) is 6.35. The minimum Gasteiger partial charge on any atom is -0.352 e. The van der Waals surface area contributed by atoms with E-state index in [9.17, 15) is 4.79 Å². The second kappa shape index (κ2) is 6.13. The van der Waals surface area contributed by atoms with Gasteiger partial charge >= 0.3 is 0 Å². The Bertz CT molecular complexity index is 517. The van der Waals surface area contributed by atoms with E-state index in [1.54, 1.807) is 18.7 Å². The quantitative estimate of drug-likeness (QED) is 0.891. The molecule has 0 aliphatic carbocycles. The van der Waals surface area contributed by atoms with Crippen LogP contribution < -0.4 is 5.32 Å². The molecule has 2 rings (SSSR count). The molecule has 0 spiro atoms. The van der Waals surface area contributed by atoms with Crippen LogP contribution in [-0.4, -0.2) is 20.4 Å². The zero-order valence-electron chi connectivity index (χ0n) is 11.2. The molecule has 100 valence electrons. The fourth-order valence-electron chi connectivity index (χ4n) is 1.71. The van der Waals surface area contributed by atoms with Crippen molar-refractivity contribution < 1.29 is 4.79 Å². The summed E-state index contributed by atoms with van der Waals surface area (Å²) in [4.78, 5) is 19.8. The first-order chi connectivity index (χ1) is 9.15. The molecule has 0 saturated heterocycles. The van der Waals surface area contributed by atoms with Crippen LogP contribution in [0.3, 0.4) is 0 Å². The van der Waals surface area contributed by atoms with Crippen LogP contribution in [0.1, 0.15) is 25.8 Å². The summed E-state index contributed by atoms with van der Waals surface area (Å²) >= 11 is 0. The normalized spacial score (nSPS) is 10.7. The highest BCUT2D eigenvalue weighted by molar-refractivity contribution is 5.76. The van der Waals surface area contributed by atoms with Gasteiger partial charge in [0.2, 0.25) is 5.91 Å². The fourth-order valence-corrected chi connectivity index (χ4v) is 1.71. The molecule has 1 N–H and O–H groups in total. The first-order valence-corrected chi connectivity index (χ1v) is 6.35. The van der Waals surface area contributed by atoms with E-state index in [2.05, 4.69) is 15.3 Å². The van der Waals surface area contributed by atoms with Crippen molar-refractivity contribution in [2.75, 3.05) is 0 Å². The van der Waals surface area contributed by atoms with Gasteiger partial charge in [0, 0.05) is 31.6 Å². The van der Waals surface area contributed by atoms with Crippen LogP contribution in [0.5, 0.6) is 0 Å². The van der Waals surface area contributed by atoms with Gasteiger partial charge in [-0.25, -0.2) is 9.97 Å². The van der Waals surface area contributed by atoms with Gasteiger partial charge in [-0.2, -0.15) is 0 Å². The molecule has 0 bridgehead atoms. The first kappa shape index (κ1) is 13.3. The van der Waals surface area contributed by atoms with Crippen LogP contribution in [0.4, 0.5) is 0 Å². The largest absolute Gasteiger partial charge is 0.352 e. The molecule has 5 heteroatoms. The molecule has 0 saturated carbocycles.